The smallest absolute Gasteiger partial charge is 0.238 e. The van der Waals surface area contributed by atoms with Crippen molar-refractivity contribution >= 4 is 17.5 Å². The molecule has 0 radical (unpaired) electrons. The summed E-state index contributed by atoms with van der Waals surface area (Å²) >= 11 is 6.05. The van der Waals surface area contributed by atoms with E-state index in [1.54, 1.807) is 0 Å². The van der Waals surface area contributed by atoms with Crippen LogP contribution < -0.4 is 5.32 Å². The summed E-state index contributed by atoms with van der Waals surface area (Å²) in [7, 11) is 0. The van der Waals surface area contributed by atoms with Gasteiger partial charge in [0.2, 0.25) is 5.91 Å². The molecule has 0 spiro atoms. The Morgan fingerprint density at radius 1 is 1.45 bits per heavy atom. The maximum atomic E-state index is 12.1. The van der Waals surface area contributed by atoms with Gasteiger partial charge in [-0.2, -0.15) is 0 Å². The molecule has 0 aromatic heterocycles. The number of rotatable bonds is 3. The zero-order valence-electron chi connectivity index (χ0n) is 12.6. The van der Waals surface area contributed by atoms with Gasteiger partial charge in [0.05, 0.1) is 6.54 Å². The van der Waals surface area contributed by atoms with E-state index >= 15 is 0 Å². The maximum absolute atomic E-state index is 12.1. The van der Waals surface area contributed by atoms with E-state index < -0.39 is 0 Å². The second kappa shape index (κ2) is 5.74. The molecule has 1 fully saturated rings. The first-order valence-corrected chi connectivity index (χ1v) is 7.45. The first-order chi connectivity index (χ1) is 9.29. The lowest BCUT2D eigenvalue weighted by atomic mass is 9.81. The highest BCUT2D eigenvalue weighted by Gasteiger charge is 2.34. The van der Waals surface area contributed by atoms with Crippen LogP contribution in [0.4, 0.5) is 0 Å². The number of nitrogens with one attached hydrogen (secondary N) is 1. The average molecular weight is 295 g/mol. The minimum Gasteiger partial charge on any atom is -0.322 e. The highest BCUT2D eigenvalue weighted by atomic mass is 35.5. The third kappa shape index (κ3) is 3.33. The highest BCUT2D eigenvalue weighted by Crippen LogP contribution is 2.31. The lowest BCUT2D eigenvalue weighted by Gasteiger charge is -2.34. The Balaban J connectivity index is 2.19. The minimum atomic E-state index is -0.0639. The van der Waals surface area contributed by atoms with Gasteiger partial charge in [-0.3, -0.25) is 10.1 Å². The molecule has 20 heavy (non-hydrogen) atoms. The van der Waals surface area contributed by atoms with Crippen molar-refractivity contribution in [3.8, 4) is 0 Å². The molecule has 3 nitrogen and oxygen atoms in total. The molecule has 110 valence electrons. The molecular weight excluding hydrogens is 272 g/mol. The molecular formula is C16H23ClN2O. The Kier molecular flexibility index (Phi) is 4.40. The zero-order valence-corrected chi connectivity index (χ0v) is 13.4. The lowest BCUT2D eigenvalue weighted by Crippen LogP contribution is -2.37. The van der Waals surface area contributed by atoms with Crippen molar-refractivity contribution in [3.63, 3.8) is 0 Å². The fraction of sp³-hybridized carbons (Fsp3) is 0.562. The van der Waals surface area contributed by atoms with E-state index in [0.717, 1.165) is 12.1 Å². The number of hydrogen-bond acceptors (Lipinski definition) is 2. The van der Waals surface area contributed by atoms with Crippen LogP contribution in [0.5, 0.6) is 0 Å². The van der Waals surface area contributed by atoms with Gasteiger partial charge in [0, 0.05) is 11.6 Å². The van der Waals surface area contributed by atoms with Crippen LogP contribution in [0.25, 0.3) is 0 Å². The van der Waals surface area contributed by atoms with Crippen LogP contribution in [0.3, 0.4) is 0 Å². The van der Waals surface area contributed by atoms with Crippen LogP contribution in [0.2, 0.25) is 5.02 Å². The van der Waals surface area contributed by atoms with Crippen LogP contribution in [-0.4, -0.2) is 23.9 Å². The topological polar surface area (TPSA) is 32.3 Å². The molecule has 1 saturated heterocycles. The molecule has 1 aliphatic rings. The van der Waals surface area contributed by atoms with Crippen LogP contribution in [0.15, 0.2) is 24.3 Å². The third-order valence-corrected chi connectivity index (χ3v) is 4.43. The standard InChI is InChI=1S/C16H23ClN2O/c1-11(16(2,3)4)10-19-14(20)9-18-15(19)12-6-5-7-13(17)8-12/h5-8,11,15,18H,9-10H2,1-4H3. The second-order valence-corrected chi connectivity index (χ2v) is 7.09. The van der Waals surface area contributed by atoms with Gasteiger partial charge in [-0.15, -0.1) is 0 Å². The van der Waals surface area contributed by atoms with Crippen molar-refractivity contribution in [1.29, 1.82) is 0 Å². The van der Waals surface area contributed by atoms with Crippen molar-refractivity contribution < 1.29 is 4.79 Å². The molecule has 2 unspecified atom stereocenters. The molecule has 2 rings (SSSR count). The molecule has 0 saturated carbocycles. The average Bonchev–Trinajstić information content (AvgIpc) is 2.70. The molecule has 1 aromatic carbocycles. The van der Waals surface area contributed by atoms with Gasteiger partial charge in [-0.1, -0.05) is 51.4 Å². The molecule has 1 heterocycles. The van der Waals surface area contributed by atoms with Crippen LogP contribution >= 0.6 is 11.6 Å². The summed E-state index contributed by atoms with van der Waals surface area (Å²) < 4.78 is 0. The first kappa shape index (κ1) is 15.3. The van der Waals surface area contributed by atoms with E-state index in [-0.39, 0.29) is 17.5 Å². The quantitative estimate of drug-likeness (QED) is 0.926. The normalized spacial score (nSPS) is 21.4. The minimum absolute atomic E-state index is 0.0639. The fourth-order valence-electron chi connectivity index (χ4n) is 2.29. The Labute approximate surface area is 126 Å². The first-order valence-electron chi connectivity index (χ1n) is 7.07. The van der Waals surface area contributed by atoms with Crippen LogP contribution in [-0.2, 0) is 4.79 Å². The van der Waals surface area contributed by atoms with Gasteiger partial charge in [0.25, 0.3) is 0 Å². The predicted molar refractivity (Wildman–Crippen MR) is 82.5 cm³/mol. The largest absolute Gasteiger partial charge is 0.322 e. The predicted octanol–water partition coefficient (Wildman–Crippen LogP) is 3.45. The molecule has 0 bridgehead atoms. The molecule has 0 aliphatic carbocycles. The highest BCUT2D eigenvalue weighted by molar-refractivity contribution is 6.30. The lowest BCUT2D eigenvalue weighted by molar-refractivity contribution is -0.129. The van der Waals surface area contributed by atoms with Gasteiger partial charge >= 0.3 is 0 Å². The van der Waals surface area contributed by atoms with E-state index in [9.17, 15) is 4.79 Å². The number of halogens is 1. The van der Waals surface area contributed by atoms with E-state index in [4.69, 9.17) is 11.6 Å². The Morgan fingerprint density at radius 3 is 2.75 bits per heavy atom. The Morgan fingerprint density at radius 2 is 2.15 bits per heavy atom. The second-order valence-electron chi connectivity index (χ2n) is 6.65. The summed E-state index contributed by atoms with van der Waals surface area (Å²) in [5, 5.41) is 3.98. The van der Waals surface area contributed by atoms with Crippen LogP contribution in [0, 0.1) is 11.3 Å². The van der Waals surface area contributed by atoms with Crippen molar-refractivity contribution in [3.05, 3.63) is 34.9 Å². The van der Waals surface area contributed by atoms with Gasteiger partial charge < -0.3 is 4.90 Å². The maximum Gasteiger partial charge on any atom is 0.238 e. The van der Waals surface area contributed by atoms with E-state index in [2.05, 4.69) is 33.0 Å². The number of benzene rings is 1. The van der Waals surface area contributed by atoms with Gasteiger partial charge in [-0.25, -0.2) is 0 Å². The summed E-state index contributed by atoms with van der Waals surface area (Å²) in [5.41, 5.74) is 1.23. The molecule has 1 N–H and O–H groups in total. The molecule has 1 aliphatic heterocycles. The monoisotopic (exact) mass is 294 g/mol. The van der Waals surface area contributed by atoms with Crippen molar-refractivity contribution in [1.82, 2.24) is 10.2 Å². The molecule has 2 atom stereocenters. The number of nitrogens with zero attached hydrogens (tertiary/aromatic N) is 1. The number of hydrogen-bond donors (Lipinski definition) is 1. The van der Waals surface area contributed by atoms with Gasteiger partial charge in [0.15, 0.2) is 0 Å². The van der Waals surface area contributed by atoms with Crippen molar-refractivity contribution in [2.75, 3.05) is 13.1 Å². The van der Waals surface area contributed by atoms with E-state index in [1.807, 2.05) is 29.2 Å². The SMILES string of the molecule is CC(CN1C(=O)CNC1c1cccc(Cl)c1)C(C)(C)C. The molecule has 4 heteroatoms. The summed E-state index contributed by atoms with van der Waals surface area (Å²) in [4.78, 5) is 14.1. The van der Waals surface area contributed by atoms with Crippen molar-refractivity contribution in [2.45, 2.75) is 33.9 Å². The summed E-state index contributed by atoms with van der Waals surface area (Å²) in [6, 6.07) is 7.71. The van der Waals surface area contributed by atoms with Crippen LogP contribution in [0.1, 0.15) is 39.4 Å². The molecule has 1 aromatic rings. The Hall–Kier alpha value is -1.06. The number of amides is 1. The summed E-state index contributed by atoms with van der Waals surface area (Å²) in [5.74, 6) is 0.583. The third-order valence-electron chi connectivity index (χ3n) is 4.19. The Bertz CT molecular complexity index is 495. The fourth-order valence-corrected chi connectivity index (χ4v) is 2.49. The molecule has 1 amide bonds. The number of carbonyl (C=O) groups is 1. The van der Waals surface area contributed by atoms with Gasteiger partial charge in [0.1, 0.15) is 6.17 Å². The summed E-state index contributed by atoms with van der Waals surface area (Å²) in [6.45, 7) is 9.97. The van der Waals surface area contributed by atoms with Gasteiger partial charge in [-0.05, 0) is 29.0 Å². The number of carbonyl (C=O) groups excluding carboxylic acids is 1. The summed E-state index contributed by atoms with van der Waals surface area (Å²) in [6.07, 6.45) is -0.0639. The van der Waals surface area contributed by atoms with Crippen molar-refractivity contribution in [2.24, 2.45) is 11.3 Å². The zero-order chi connectivity index (χ0) is 14.9. The van der Waals surface area contributed by atoms with E-state index in [1.165, 1.54) is 0 Å². The van der Waals surface area contributed by atoms with E-state index in [0.29, 0.717) is 17.5 Å².